The third kappa shape index (κ3) is 3.60. The van der Waals surface area contributed by atoms with Crippen molar-refractivity contribution in [2.45, 2.75) is 24.9 Å². The lowest BCUT2D eigenvalue weighted by Gasteiger charge is -2.31. The molecule has 0 aromatic heterocycles. The molecule has 0 radical (unpaired) electrons. The third-order valence-corrected chi connectivity index (χ3v) is 3.88. The second-order valence-corrected chi connectivity index (χ2v) is 5.53. The summed E-state index contributed by atoms with van der Waals surface area (Å²) in [5.41, 5.74) is 6.06. The molecular weight excluding hydrogens is 287 g/mol. The number of carbonyl (C=O) groups excluding carboxylic acids is 1. The second-order valence-electron chi connectivity index (χ2n) is 4.69. The van der Waals surface area contributed by atoms with E-state index in [-0.39, 0.29) is 5.91 Å². The lowest BCUT2D eigenvalue weighted by Crippen LogP contribution is -2.56. The van der Waals surface area contributed by atoms with Gasteiger partial charge in [0.2, 0.25) is 5.91 Å². The summed E-state index contributed by atoms with van der Waals surface area (Å²) in [6.07, 6.45) is 1.07. The van der Waals surface area contributed by atoms with Crippen LogP contribution < -0.4 is 11.1 Å². The van der Waals surface area contributed by atoms with Crippen LogP contribution in [0.3, 0.4) is 0 Å². The summed E-state index contributed by atoms with van der Waals surface area (Å²) in [5, 5.41) is 3.92. The molecule has 1 aliphatic heterocycles. The highest BCUT2D eigenvalue weighted by atomic mass is 35.5. The van der Waals surface area contributed by atoms with Gasteiger partial charge in [0, 0.05) is 29.8 Å². The molecule has 1 aromatic carbocycles. The van der Waals surface area contributed by atoms with Crippen molar-refractivity contribution in [1.82, 2.24) is 5.32 Å². The Morgan fingerprint density at radius 3 is 2.68 bits per heavy atom. The Balaban J connectivity index is 1.96. The number of ether oxygens (including phenoxy) is 1. The van der Waals surface area contributed by atoms with Crippen molar-refractivity contribution in [1.29, 1.82) is 0 Å². The van der Waals surface area contributed by atoms with Gasteiger partial charge in [0.15, 0.2) is 0 Å². The Kier molecular flexibility index (Phi) is 4.68. The zero-order valence-electron chi connectivity index (χ0n) is 10.4. The van der Waals surface area contributed by atoms with Crippen LogP contribution in [0.15, 0.2) is 18.2 Å². The second kappa shape index (κ2) is 6.09. The van der Waals surface area contributed by atoms with Crippen LogP contribution >= 0.6 is 23.2 Å². The van der Waals surface area contributed by atoms with E-state index >= 15 is 0 Å². The minimum Gasteiger partial charge on any atom is -0.381 e. The van der Waals surface area contributed by atoms with Crippen LogP contribution in [0.5, 0.6) is 0 Å². The SMILES string of the molecule is NC1(C(=O)NCc2ccc(Cl)cc2Cl)CCOCC1. The fourth-order valence-electron chi connectivity index (χ4n) is 1.98. The lowest BCUT2D eigenvalue weighted by atomic mass is 9.90. The Labute approximate surface area is 122 Å². The maximum absolute atomic E-state index is 12.1. The summed E-state index contributed by atoms with van der Waals surface area (Å²) in [6, 6.07) is 5.18. The fraction of sp³-hybridized carbons (Fsp3) is 0.462. The number of hydrogen-bond acceptors (Lipinski definition) is 3. The van der Waals surface area contributed by atoms with Gasteiger partial charge in [0.05, 0.1) is 5.54 Å². The number of nitrogens with one attached hydrogen (secondary N) is 1. The summed E-state index contributed by atoms with van der Waals surface area (Å²) in [6.45, 7) is 1.38. The molecule has 6 heteroatoms. The first-order chi connectivity index (χ1) is 9.01. The topological polar surface area (TPSA) is 64.4 Å². The van der Waals surface area contributed by atoms with Crippen molar-refractivity contribution in [3.8, 4) is 0 Å². The minimum absolute atomic E-state index is 0.165. The van der Waals surface area contributed by atoms with Gasteiger partial charge in [-0.3, -0.25) is 4.79 Å². The quantitative estimate of drug-likeness (QED) is 0.899. The van der Waals surface area contributed by atoms with Gasteiger partial charge in [-0.05, 0) is 30.5 Å². The molecule has 1 amide bonds. The summed E-state index contributed by atoms with van der Waals surface area (Å²) >= 11 is 11.9. The van der Waals surface area contributed by atoms with E-state index < -0.39 is 5.54 Å². The van der Waals surface area contributed by atoms with Gasteiger partial charge >= 0.3 is 0 Å². The molecule has 0 saturated carbocycles. The monoisotopic (exact) mass is 302 g/mol. The highest BCUT2D eigenvalue weighted by molar-refractivity contribution is 6.35. The van der Waals surface area contributed by atoms with E-state index in [9.17, 15) is 4.79 Å². The average Bonchev–Trinajstić information content (AvgIpc) is 2.38. The van der Waals surface area contributed by atoms with Crippen molar-refractivity contribution in [2.75, 3.05) is 13.2 Å². The first-order valence-corrected chi connectivity index (χ1v) is 6.86. The number of hydrogen-bond donors (Lipinski definition) is 2. The molecule has 0 spiro atoms. The van der Waals surface area contributed by atoms with Crippen LogP contribution in [-0.2, 0) is 16.1 Å². The Hall–Kier alpha value is -0.810. The van der Waals surface area contributed by atoms with Crippen molar-refractivity contribution in [2.24, 2.45) is 5.73 Å². The van der Waals surface area contributed by atoms with Crippen molar-refractivity contribution in [3.63, 3.8) is 0 Å². The van der Waals surface area contributed by atoms with Crippen LogP contribution in [0.2, 0.25) is 10.0 Å². The van der Waals surface area contributed by atoms with E-state index in [1.54, 1.807) is 18.2 Å². The summed E-state index contributed by atoms with van der Waals surface area (Å²) in [7, 11) is 0. The number of rotatable bonds is 3. The Morgan fingerprint density at radius 1 is 1.37 bits per heavy atom. The molecular formula is C13H16Cl2N2O2. The molecule has 4 nitrogen and oxygen atoms in total. The largest absolute Gasteiger partial charge is 0.381 e. The molecule has 3 N–H and O–H groups in total. The van der Waals surface area contributed by atoms with Gasteiger partial charge in [-0.1, -0.05) is 29.3 Å². The predicted molar refractivity (Wildman–Crippen MR) is 75.3 cm³/mol. The lowest BCUT2D eigenvalue weighted by molar-refractivity contribution is -0.129. The minimum atomic E-state index is -0.836. The number of amides is 1. The first kappa shape index (κ1) is 14.6. The molecule has 0 bridgehead atoms. The molecule has 104 valence electrons. The van der Waals surface area contributed by atoms with Crippen molar-refractivity contribution < 1.29 is 9.53 Å². The molecule has 1 heterocycles. The van der Waals surface area contributed by atoms with Crippen LogP contribution in [0, 0.1) is 0 Å². The fourth-order valence-corrected chi connectivity index (χ4v) is 2.45. The first-order valence-electron chi connectivity index (χ1n) is 6.10. The van der Waals surface area contributed by atoms with Gasteiger partial charge in [-0.25, -0.2) is 0 Å². The van der Waals surface area contributed by atoms with Gasteiger partial charge in [-0.2, -0.15) is 0 Å². The van der Waals surface area contributed by atoms with Crippen LogP contribution in [-0.4, -0.2) is 24.7 Å². The standard InChI is InChI=1S/C13H16Cl2N2O2/c14-10-2-1-9(11(15)7-10)8-17-12(18)13(16)3-5-19-6-4-13/h1-2,7H,3-6,8,16H2,(H,17,18). The molecule has 1 saturated heterocycles. The summed E-state index contributed by atoms with van der Waals surface area (Å²) in [4.78, 5) is 12.1. The maximum Gasteiger partial charge on any atom is 0.240 e. The summed E-state index contributed by atoms with van der Waals surface area (Å²) < 4.78 is 5.21. The molecule has 0 atom stereocenters. The number of carbonyl (C=O) groups is 1. The van der Waals surface area contributed by atoms with Gasteiger partial charge in [0.25, 0.3) is 0 Å². The van der Waals surface area contributed by atoms with Crippen molar-refractivity contribution >= 4 is 29.1 Å². The van der Waals surface area contributed by atoms with Crippen LogP contribution in [0.25, 0.3) is 0 Å². The number of nitrogens with two attached hydrogens (primary N) is 1. The molecule has 2 rings (SSSR count). The van der Waals surface area contributed by atoms with E-state index in [1.807, 2.05) is 0 Å². The van der Waals surface area contributed by atoms with E-state index in [0.717, 1.165) is 5.56 Å². The third-order valence-electron chi connectivity index (χ3n) is 3.29. The van der Waals surface area contributed by atoms with Gasteiger partial charge in [0.1, 0.15) is 0 Å². The zero-order chi connectivity index (χ0) is 13.9. The number of benzene rings is 1. The maximum atomic E-state index is 12.1. The normalized spacial score (nSPS) is 18.1. The van der Waals surface area contributed by atoms with Crippen LogP contribution in [0.4, 0.5) is 0 Å². The Bertz CT molecular complexity index is 474. The molecule has 0 unspecified atom stereocenters. The van der Waals surface area contributed by atoms with Gasteiger partial charge in [-0.15, -0.1) is 0 Å². The van der Waals surface area contributed by atoms with E-state index in [2.05, 4.69) is 5.32 Å². The smallest absolute Gasteiger partial charge is 0.240 e. The Morgan fingerprint density at radius 2 is 2.05 bits per heavy atom. The van der Waals surface area contributed by atoms with E-state index in [0.29, 0.717) is 42.6 Å². The molecule has 1 fully saturated rings. The highest BCUT2D eigenvalue weighted by Crippen LogP contribution is 2.22. The summed E-state index contributed by atoms with van der Waals surface area (Å²) in [5.74, 6) is -0.165. The van der Waals surface area contributed by atoms with Crippen LogP contribution in [0.1, 0.15) is 18.4 Å². The van der Waals surface area contributed by atoms with E-state index in [4.69, 9.17) is 33.7 Å². The zero-order valence-corrected chi connectivity index (χ0v) is 11.9. The number of halogens is 2. The molecule has 1 aliphatic rings. The van der Waals surface area contributed by atoms with Gasteiger partial charge < -0.3 is 15.8 Å². The molecule has 1 aromatic rings. The van der Waals surface area contributed by atoms with Crippen molar-refractivity contribution in [3.05, 3.63) is 33.8 Å². The molecule has 0 aliphatic carbocycles. The average molecular weight is 303 g/mol. The van der Waals surface area contributed by atoms with E-state index in [1.165, 1.54) is 0 Å². The predicted octanol–water partition coefficient (Wildman–Crippen LogP) is 2.12. The highest BCUT2D eigenvalue weighted by Gasteiger charge is 2.35. The molecule has 19 heavy (non-hydrogen) atoms.